The molecule has 0 aliphatic heterocycles. The molecule has 0 saturated heterocycles. The maximum Gasteiger partial charge on any atom is 0.191 e. The van der Waals surface area contributed by atoms with Gasteiger partial charge in [-0.15, -0.1) is 4.55 Å². The molecule has 0 amide bonds. The largest absolute Gasteiger partial charge is 0.227 e. The average molecular weight is 107 g/mol. The number of hydrogen-bond acceptors (Lipinski definition) is 1. The quantitative estimate of drug-likeness (QED) is 0.480. The smallest absolute Gasteiger partial charge is 0.191 e. The van der Waals surface area contributed by atoms with Crippen LogP contribution in [0.2, 0.25) is 0 Å². The van der Waals surface area contributed by atoms with Crippen LogP contribution in [0.15, 0.2) is 0 Å². The van der Waals surface area contributed by atoms with Crippen LogP contribution in [0.3, 0.4) is 0 Å². The van der Waals surface area contributed by atoms with E-state index in [1.54, 1.807) is 13.8 Å². The van der Waals surface area contributed by atoms with E-state index in [0.29, 0.717) is 0 Å². The Morgan fingerprint density at radius 2 is 1.67 bits per heavy atom. The first kappa shape index (κ1) is 6.11. The van der Waals surface area contributed by atoms with Gasteiger partial charge in [-0.05, 0) is 13.8 Å². The van der Waals surface area contributed by atoms with E-state index in [1.807, 2.05) is 0 Å². The highest BCUT2D eigenvalue weighted by Gasteiger charge is 1.98. The fourth-order valence-electron chi connectivity index (χ4n) is 0. The molecule has 0 aromatic carbocycles. The molecular weight excluding hydrogens is 100 g/mol. The molecule has 1 atom stereocenters. The highest BCUT2D eigenvalue weighted by atomic mass is 32.2. The first-order chi connectivity index (χ1) is 2.64. The summed E-state index contributed by atoms with van der Waals surface area (Å²) in [4.78, 5) is 0. The summed E-state index contributed by atoms with van der Waals surface area (Å²) >= 11 is -1.87. The summed E-state index contributed by atoms with van der Waals surface area (Å²) in [7, 11) is 0. The van der Waals surface area contributed by atoms with Gasteiger partial charge in [0.1, 0.15) is 0 Å². The normalized spacial score (nSPS) is 15.3. The first-order valence-electron chi connectivity index (χ1n) is 1.72. The summed E-state index contributed by atoms with van der Waals surface area (Å²) in [5, 5.41) is -0.231. The summed E-state index contributed by atoms with van der Waals surface area (Å²) < 4.78 is 19.4. The first-order valence-corrected chi connectivity index (χ1v) is 2.86. The minimum atomic E-state index is -1.87. The summed E-state index contributed by atoms with van der Waals surface area (Å²) in [6, 6.07) is 0. The molecule has 0 aromatic heterocycles. The summed E-state index contributed by atoms with van der Waals surface area (Å²) in [5.41, 5.74) is 0. The lowest BCUT2D eigenvalue weighted by atomic mass is 10.6. The lowest BCUT2D eigenvalue weighted by molar-refractivity contribution is 0.466. The van der Waals surface area contributed by atoms with Crippen molar-refractivity contribution in [1.29, 1.82) is 0 Å². The van der Waals surface area contributed by atoms with Crippen LogP contribution in [0.4, 0.5) is 0 Å². The Morgan fingerprint density at radius 3 is 1.67 bits per heavy atom. The van der Waals surface area contributed by atoms with Crippen molar-refractivity contribution >= 4 is 11.1 Å². The van der Waals surface area contributed by atoms with Crippen molar-refractivity contribution in [2.45, 2.75) is 19.1 Å². The molecule has 2 nitrogen and oxygen atoms in total. The Morgan fingerprint density at radius 1 is 1.50 bits per heavy atom. The number of hydrogen-bond donors (Lipinski definition) is 0. The van der Waals surface area contributed by atoms with Gasteiger partial charge in [-0.3, -0.25) is 0 Å². The second-order valence-corrected chi connectivity index (χ2v) is 2.77. The van der Waals surface area contributed by atoms with Crippen LogP contribution in [0, 0.1) is 0 Å². The van der Waals surface area contributed by atoms with Crippen molar-refractivity contribution in [1.82, 2.24) is 0 Å². The van der Waals surface area contributed by atoms with Crippen molar-refractivity contribution in [3.63, 3.8) is 0 Å². The van der Waals surface area contributed by atoms with Gasteiger partial charge in [0.05, 0.1) is 5.25 Å². The van der Waals surface area contributed by atoms with Crippen molar-refractivity contribution in [3.8, 4) is 0 Å². The van der Waals surface area contributed by atoms with E-state index in [1.165, 1.54) is 0 Å². The van der Waals surface area contributed by atoms with E-state index in [-0.39, 0.29) is 5.25 Å². The lowest BCUT2D eigenvalue weighted by Gasteiger charge is -1.87. The average Bonchev–Trinajstić information content (AvgIpc) is 1.36. The standard InChI is InChI=1S/C3H7O2S/c1-3(2)6(4)5/h3H,1-2H3. The highest BCUT2D eigenvalue weighted by Crippen LogP contribution is 1.86. The van der Waals surface area contributed by atoms with Gasteiger partial charge in [0.25, 0.3) is 0 Å². The van der Waals surface area contributed by atoms with E-state index in [9.17, 15) is 8.76 Å². The van der Waals surface area contributed by atoms with E-state index in [2.05, 4.69) is 0 Å². The van der Waals surface area contributed by atoms with Gasteiger partial charge in [0.2, 0.25) is 0 Å². The molecule has 1 radical (unpaired) electrons. The van der Waals surface area contributed by atoms with Gasteiger partial charge in [-0.25, -0.2) is 4.21 Å². The molecule has 0 N–H and O–H groups in total. The predicted octanol–water partition coefficient (Wildman–Crippen LogP) is 0.489. The molecular formula is C3H7O2S. The second-order valence-electron chi connectivity index (χ2n) is 1.31. The molecule has 0 rings (SSSR count). The van der Waals surface area contributed by atoms with Crippen LogP contribution in [-0.4, -0.2) is 9.46 Å². The van der Waals surface area contributed by atoms with E-state index in [4.69, 9.17) is 0 Å². The van der Waals surface area contributed by atoms with Crippen LogP contribution in [-0.2, 0) is 15.6 Å². The Hall–Kier alpha value is 0.110. The van der Waals surface area contributed by atoms with Gasteiger partial charge in [-0.1, -0.05) is 0 Å². The van der Waals surface area contributed by atoms with Gasteiger partial charge >= 0.3 is 0 Å². The van der Waals surface area contributed by atoms with Crippen LogP contribution >= 0.6 is 0 Å². The third-order valence-electron chi connectivity index (χ3n) is 0.385. The highest BCUT2D eigenvalue weighted by molar-refractivity contribution is 7.79. The lowest BCUT2D eigenvalue weighted by Crippen LogP contribution is -2.00. The molecule has 1 unspecified atom stereocenters. The van der Waals surface area contributed by atoms with Gasteiger partial charge in [0.15, 0.2) is 11.1 Å². The third-order valence-corrected chi connectivity index (χ3v) is 1.15. The second kappa shape index (κ2) is 2.31. The van der Waals surface area contributed by atoms with Gasteiger partial charge in [-0.2, -0.15) is 0 Å². The summed E-state index contributed by atoms with van der Waals surface area (Å²) in [6.07, 6.45) is 0. The minimum absolute atomic E-state index is 0.231. The SMILES string of the molecule is CC(C)S([O])=O. The van der Waals surface area contributed by atoms with Crippen LogP contribution < -0.4 is 0 Å². The van der Waals surface area contributed by atoms with E-state index in [0.717, 1.165) is 0 Å². The molecule has 0 aliphatic rings. The Kier molecular flexibility index (Phi) is 2.35. The Balaban J connectivity index is 3.26. The van der Waals surface area contributed by atoms with Crippen molar-refractivity contribution in [2.75, 3.05) is 0 Å². The Labute approximate surface area is 39.8 Å². The van der Waals surface area contributed by atoms with Gasteiger partial charge < -0.3 is 0 Å². The zero-order valence-corrected chi connectivity index (χ0v) is 4.62. The molecule has 0 heterocycles. The zero-order chi connectivity index (χ0) is 5.15. The molecule has 3 heteroatoms. The van der Waals surface area contributed by atoms with Crippen LogP contribution in [0.25, 0.3) is 0 Å². The molecule has 0 spiro atoms. The Bertz CT molecular complexity index is 59.8. The molecule has 0 fully saturated rings. The maximum atomic E-state index is 9.70. The fraction of sp³-hybridized carbons (Fsp3) is 1.00. The number of rotatable bonds is 1. The molecule has 0 bridgehead atoms. The van der Waals surface area contributed by atoms with E-state index >= 15 is 0 Å². The van der Waals surface area contributed by atoms with E-state index < -0.39 is 11.1 Å². The van der Waals surface area contributed by atoms with Crippen LogP contribution in [0.5, 0.6) is 0 Å². The summed E-state index contributed by atoms with van der Waals surface area (Å²) in [6.45, 7) is 3.26. The van der Waals surface area contributed by atoms with Crippen molar-refractivity contribution in [3.05, 3.63) is 0 Å². The third kappa shape index (κ3) is 2.35. The topological polar surface area (TPSA) is 37.0 Å². The van der Waals surface area contributed by atoms with Crippen molar-refractivity contribution in [2.24, 2.45) is 0 Å². The van der Waals surface area contributed by atoms with Crippen LogP contribution in [0.1, 0.15) is 13.8 Å². The molecule has 0 aliphatic carbocycles. The molecule has 0 aromatic rings. The molecule has 37 valence electrons. The van der Waals surface area contributed by atoms with Gasteiger partial charge in [0, 0.05) is 0 Å². The predicted molar refractivity (Wildman–Crippen MR) is 24.0 cm³/mol. The molecule has 0 saturated carbocycles. The van der Waals surface area contributed by atoms with Crippen molar-refractivity contribution < 1.29 is 8.76 Å². The minimum Gasteiger partial charge on any atom is -0.227 e. The maximum absolute atomic E-state index is 9.70. The zero-order valence-electron chi connectivity index (χ0n) is 3.80. The monoisotopic (exact) mass is 107 g/mol. The molecule has 6 heavy (non-hydrogen) atoms. The summed E-state index contributed by atoms with van der Waals surface area (Å²) in [5.74, 6) is 0. The fourth-order valence-corrected chi connectivity index (χ4v) is 0.